The number of hydrogen-bond donors (Lipinski definition) is 2. The molecule has 0 spiro atoms. The first-order chi connectivity index (χ1) is 7.51. The fourth-order valence-electron chi connectivity index (χ4n) is 2.49. The molecule has 2 fully saturated rings. The SMILES string of the molecule is CC1(C)C(=O)NC(=O)CN1C1CCCNC1. The molecule has 0 aromatic rings. The van der Waals surface area contributed by atoms with Gasteiger partial charge in [0.25, 0.3) is 0 Å². The van der Waals surface area contributed by atoms with E-state index in [1.165, 1.54) is 0 Å². The second kappa shape index (κ2) is 4.14. The molecular weight excluding hydrogens is 206 g/mol. The van der Waals surface area contributed by atoms with Crippen molar-refractivity contribution in [3.8, 4) is 0 Å². The van der Waals surface area contributed by atoms with E-state index in [-0.39, 0.29) is 11.8 Å². The molecule has 5 nitrogen and oxygen atoms in total. The van der Waals surface area contributed by atoms with E-state index < -0.39 is 5.54 Å². The van der Waals surface area contributed by atoms with E-state index in [0.29, 0.717) is 12.6 Å². The van der Waals surface area contributed by atoms with Crippen LogP contribution in [0.1, 0.15) is 26.7 Å². The van der Waals surface area contributed by atoms with Crippen LogP contribution in [0.4, 0.5) is 0 Å². The molecule has 0 aromatic carbocycles. The summed E-state index contributed by atoms with van der Waals surface area (Å²) < 4.78 is 0. The van der Waals surface area contributed by atoms with Gasteiger partial charge < -0.3 is 5.32 Å². The number of nitrogens with zero attached hydrogens (tertiary/aromatic N) is 1. The normalized spacial score (nSPS) is 31.2. The summed E-state index contributed by atoms with van der Waals surface area (Å²) in [4.78, 5) is 25.2. The van der Waals surface area contributed by atoms with Crippen molar-refractivity contribution in [3.63, 3.8) is 0 Å². The van der Waals surface area contributed by atoms with Crippen LogP contribution in [-0.4, -0.2) is 47.9 Å². The maximum Gasteiger partial charge on any atom is 0.246 e. The third-order valence-corrected chi connectivity index (χ3v) is 3.55. The Morgan fingerprint density at radius 1 is 1.38 bits per heavy atom. The second-order valence-corrected chi connectivity index (χ2v) is 5.06. The van der Waals surface area contributed by atoms with Crippen molar-refractivity contribution in [2.24, 2.45) is 0 Å². The van der Waals surface area contributed by atoms with Gasteiger partial charge in [0, 0.05) is 12.6 Å². The molecule has 2 N–H and O–H groups in total. The monoisotopic (exact) mass is 225 g/mol. The Morgan fingerprint density at radius 2 is 2.12 bits per heavy atom. The Balaban J connectivity index is 2.16. The van der Waals surface area contributed by atoms with Gasteiger partial charge in [-0.1, -0.05) is 0 Å². The third kappa shape index (κ3) is 1.97. The van der Waals surface area contributed by atoms with Crippen LogP contribution in [0.3, 0.4) is 0 Å². The summed E-state index contributed by atoms with van der Waals surface area (Å²) in [5, 5.41) is 5.71. The maximum atomic E-state index is 11.8. The highest BCUT2D eigenvalue weighted by molar-refractivity contribution is 6.02. The maximum absolute atomic E-state index is 11.8. The van der Waals surface area contributed by atoms with Gasteiger partial charge in [-0.15, -0.1) is 0 Å². The lowest BCUT2D eigenvalue weighted by Crippen LogP contribution is -2.68. The lowest BCUT2D eigenvalue weighted by Gasteiger charge is -2.46. The second-order valence-electron chi connectivity index (χ2n) is 5.06. The van der Waals surface area contributed by atoms with Crippen LogP contribution in [-0.2, 0) is 9.59 Å². The number of piperazine rings is 1. The van der Waals surface area contributed by atoms with Crippen LogP contribution in [0.25, 0.3) is 0 Å². The van der Waals surface area contributed by atoms with E-state index >= 15 is 0 Å². The highest BCUT2D eigenvalue weighted by Gasteiger charge is 2.44. The lowest BCUT2D eigenvalue weighted by atomic mass is 9.93. The van der Waals surface area contributed by atoms with E-state index in [0.717, 1.165) is 25.9 Å². The van der Waals surface area contributed by atoms with Crippen LogP contribution in [0, 0.1) is 0 Å². The van der Waals surface area contributed by atoms with Crippen LogP contribution in [0.15, 0.2) is 0 Å². The summed E-state index contributed by atoms with van der Waals surface area (Å²) >= 11 is 0. The highest BCUT2D eigenvalue weighted by Crippen LogP contribution is 2.24. The van der Waals surface area contributed by atoms with E-state index in [4.69, 9.17) is 0 Å². The quantitative estimate of drug-likeness (QED) is 0.589. The smallest absolute Gasteiger partial charge is 0.246 e. The minimum Gasteiger partial charge on any atom is -0.315 e. The number of carbonyl (C=O) groups excluding carboxylic acids is 2. The van der Waals surface area contributed by atoms with Gasteiger partial charge in [-0.05, 0) is 33.2 Å². The first kappa shape index (κ1) is 11.5. The van der Waals surface area contributed by atoms with Gasteiger partial charge in [-0.25, -0.2) is 0 Å². The summed E-state index contributed by atoms with van der Waals surface area (Å²) in [5.74, 6) is -0.371. The van der Waals surface area contributed by atoms with Crippen LogP contribution < -0.4 is 10.6 Å². The largest absolute Gasteiger partial charge is 0.315 e. The molecule has 2 heterocycles. The molecule has 5 heteroatoms. The van der Waals surface area contributed by atoms with Gasteiger partial charge in [-0.3, -0.25) is 19.8 Å². The molecule has 2 rings (SSSR count). The Bertz CT molecular complexity index is 308. The molecular formula is C11H19N3O2. The molecule has 2 amide bonds. The molecule has 2 aliphatic heterocycles. The fourth-order valence-corrected chi connectivity index (χ4v) is 2.49. The Hall–Kier alpha value is -0.940. The van der Waals surface area contributed by atoms with Crippen molar-refractivity contribution >= 4 is 11.8 Å². The zero-order chi connectivity index (χ0) is 11.8. The van der Waals surface area contributed by atoms with Crippen molar-refractivity contribution in [1.82, 2.24) is 15.5 Å². The van der Waals surface area contributed by atoms with E-state index in [1.54, 1.807) is 0 Å². The van der Waals surface area contributed by atoms with Crippen molar-refractivity contribution < 1.29 is 9.59 Å². The van der Waals surface area contributed by atoms with Gasteiger partial charge in [-0.2, -0.15) is 0 Å². The number of carbonyl (C=O) groups is 2. The lowest BCUT2D eigenvalue weighted by molar-refractivity contribution is -0.147. The zero-order valence-corrected chi connectivity index (χ0v) is 9.88. The minimum absolute atomic E-state index is 0.185. The summed E-state index contributed by atoms with van der Waals surface area (Å²) in [5.41, 5.74) is -0.586. The molecule has 1 unspecified atom stereocenters. The predicted octanol–water partition coefficient (Wildman–Crippen LogP) is -0.525. The molecule has 2 aliphatic rings. The Kier molecular flexibility index (Phi) is 2.99. The first-order valence-corrected chi connectivity index (χ1v) is 5.83. The summed E-state index contributed by atoms with van der Waals surface area (Å²) in [6.45, 7) is 5.98. The average Bonchev–Trinajstić information content (AvgIpc) is 2.25. The molecule has 0 aromatic heterocycles. The average molecular weight is 225 g/mol. The van der Waals surface area contributed by atoms with Crippen LogP contribution >= 0.6 is 0 Å². The van der Waals surface area contributed by atoms with E-state index in [1.807, 2.05) is 18.7 Å². The standard InChI is InChI=1S/C11H19N3O2/c1-11(2)10(16)13-9(15)7-14(11)8-4-3-5-12-6-8/h8,12H,3-7H2,1-2H3,(H,13,15,16). The van der Waals surface area contributed by atoms with Crippen molar-refractivity contribution in [2.45, 2.75) is 38.3 Å². The number of piperidine rings is 1. The van der Waals surface area contributed by atoms with Gasteiger partial charge in [0.15, 0.2) is 0 Å². The third-order valence-electron chi connectivity index (χ3n) is 3.55. The predicted molar refractivity (Wildman–Crippen MR) is 59.8 cm³/mol. The first-order valence-electron chi connectivity index (χ1n) is 5.83. The number of hydrogen-bond acceptors (Lipinski definition) is 4. The summed E-state index contributed by atoms with van der Waals surface area (Å²) in [6.07, 6.45) is 2.16. The molecule has 0 radical (unpaired) electrons. The topological polar surface area (TPSA) is 61.4 Å². The molecule has 0 saturated carbocycles. The minimum atomic E-state index is -0.586. The highest BCUT2D eigenvalue weighted by atomic mass is 16.2. The number of nitrogens with one attached hydrogen (secondary N) is 2. The van der Waals surface area contributed by atoms with E-state index in [9.17, 15) is 9.59 Å². The van der Waals surface area contributed by atoms with Gasteiger partial charge in [0.05, 0.1) is 12.1 Å². The fraction of sp³-hybridized carbons (Fsp3) is 0.818. The van der Waals surface area contributed by atoms with Crippen molar-refractivity contribution in [2.75, 3.05) is 19.6 Å². The number of imide groups is 1. The number of amides is 2. The molecule has 0 bridgehead atoms. The van der Waals surface area contributed by atoms with Gasteiger partial charge in [0.1, 0.15) is 0 Å². The van der Waals surface area contributed by atoms with Gasteiger partial charge >= 0.3 is 0 Å². The Morgan fingerprint density at radius 3 is 2.75 bits per heavy atom. The van der Waals surface area contributed by atoms with Crippen molar-refractivity contribution in [1.29, 1.82) is 0 Å². The molecule has 16 heavy (non-hydrogen) atoms. The van der Waals surface area contributed by atoms with E-state index in [2.05, 4.69) is 10.6 Å². The molecule has 1 atom stereocenters. The van der Waals surface area contributed by atoms with Crippen LogP contribution in [0.5, 0.6) is 0 Å². The molecule has 2 saturated heterocycles. The molecule has 0 aliphatic carbocycles. The number of rotatable bonds is 1. The van der Waals surface area contributed by atoms with Gasteiger partial charge in [0.2, 0.25) is 11.8 Å². The molecule has 90 valence electrons. The summed E-state index contributed by atoms with van der Waals surface area (Å²) in [7, 11) is 0. The van der Waals surface area contributed by atoms with Crippen molar-refractivity contribution in [3.05, 3.63) is 0 Å². The summed E-state index contributed by atoms with van der Waals surface area (Å²) in [6, 6.07) is 0.291. The van der Waals surface area contributed by atoms with Crippen LogP contribution in [0.2, 0.25) is 0 Å². The zero-order valence-electron chi connectivity index (χ0n) is 9.88. The Labute approximate surface area is 95.6 Å².